The van der Waals surface area contributed by atoms with E-state index in [-0.39, 0.29) is 43.9 Å². The number of amides is 2. The number of alkyl carbamates (subject to hydrolysis) is 1. The Hall–Kier alpha value is -3.39. The SMILES string of the molecule is CC(CCC(=O)N1CC(O)CC1C(=O)O)NC(=O)OCC1c2ccccc2-c2ccccc21. The topological polar surface area (TPSA) is 116 Å². The third-order valence-corrected chi connectivity index (χ3v) is 6.38. The van der Waals surface area contributed by atoms with Crippen molar-refractivity contribution in [3.05, 3.63) is 59.7 Å². The minimum Gasteiger partial charge on any atom is -0.480 e. The number of likely N-dealkylation sites (tertiary alicyclic amines) is 1. The molecule has 1 aliphatic heterocycles. The van der Waals surface area contributed by atoms with Crippen LogP contribution in [0.5, 0.6) is 0 Å². The Morgan fingerprint density at radius 2 is 1.70 bits per heavy atom. The van der Waals surface area contributed by atoms with Gasteiger partial charge in [0.1, 0.15) is 12.6 Å². The molecule has 174 valence electrons. The zero-order chi connectivity index (χ0) is 23.5. The number of aliphatic hydroxyl groups is 1. The Kier molecular flexibility index (Phi) is 6.65. The van der Waals surface area contributed by atoms with Gasteiger partial charge in [-0.05, 0) is 35.6 Å². The van der Waals surface area contributed by atoms with Crippen LogP contribution in [0.4, 0.5) is 4.79 Å². The highest BCUT2D eigenvalue weighted by atomic mass is 16.5. The summed E-state index contributed by atoms with van der Waals surface area (Å²) in [6.07, 6.45) is -0.944. The highest BCUT2D eigenvalue weighted by molar-refractivity contribution is 5.84. The van der Waals surface area contributed by atoms with Gasteiger partial charge in [-0.2, -0.15) is 0 Å². The molecular formula is C25H28N2O6. The standard InChI is InChI=1S/C25H28N2O6/c1-15(10-11-23(29)27-13-16(28)12-22(27)24(30)31)26-25(32)33-14-21-19-8-4-2-6-17(19)18-7-3-5-9-20(18)21/h2-9,15-16,21-22,28H,10-14H2,1H3,(H,26,32)(H,30,31). The summed E-state index contributed by atoms with van der Waals surface area (Å²) in [7, 11) is 0. The van der Waals surface area contributed by atoms with Crippen LogP contribution in [0, 0.1) is 0 Å². The van der Waals surface area contributed by atoms with Crippen LogP contribution >= 0.6 is 0 Å². The van der Waals surface area contributed by atoms with Crippen molar-refractivity contribution in [1.82, 2.24) is 10.2 Å². The summed E-state index contributed by atoms with van der Waals surface area (Å²) >= 11 is 0. The Balaban J connectivity index is 1.27. The lowest BCUT2D eigenvalue weighted by Gasteiger charge is -2.22. The maximum absolute atomic E-state index is 12.4. The van der Waals surface area contributed by atoms with Crippen LogP contribution in [-0.4, -0.2) is 64.4 Å². The number of carboxylic acid groups (broad SMARTS) is 1. The summed E-state index contributed by atoms with van der Waals surface area (Å²) < 4.78 is 5.52. The largest absolute Gasteiger partial charge is 0.480 e. The molecule has 1 heterocycles. The molecule has 3 N–H and O–H groups in total. The molecule has 4 rings (SSSR count). The number of carbonyl (C=O) groups is 3. The Morgan fingerprint density at radius 1 is 1.09 bits per heavy atom. The lowest BCUT2D eigenvalue weighted by Crippen LogP contribution is -2.41. The maximum Gasteiger partial charge on any atom is 0.407 e. The van der Waals surface area contributed by atoms with Gasteiger partial charge in [-0.1, -0.05) is 48.5 Å². The number of fused-ring (bicyclic) bond motifs is 3. The number of β-amino-alcohol motifs (C(OH)–C–C–N with tert-alkyl or cyclic N) is 1. The van der Waals surface area contributed by atoms with Crippen LogP contribution in [0.25, 0.3) is 11.1 Å². The lowest BCUT2D eigenvalue weighted by atomic mass is 9.98. The Labute approximate surface area is 192 Å². The van der Waals surface area contributed by atoms with E-state index in [0.29, 0.717) is 6.42 Å². The van der Waals surface area contributed by atoms with Crippen molar-refractivity contribution in [3.8, 4) is 11.1 Å². The number of carbonyl (C=O) groups excluding carboxylic acids is 2. The van der Waals surface area contributed by atoms with Crippen molar-refractivity contribution >= 4 is 18.0 Å². The molecule has 33 heavy (non-hydrogen) atoms. The lowest BCUT2D eigenvalue weighted by molar-refractivity contribution is -0.148. The highest BCUT2D eigenvalue weighted by Crippen LogP contribution is 2.44. The average molecular weight is 453 g/mol. The highest BCUT2D eigenvalue weighted by Gasteiger charge is 2.38. The van der Waals surface area contributed by atoms with Gasteiger partial charge in [-0.3, -0.25) is 4.79 Å². The van der Waals surface area contributed by atoms with Crippen LogP contribution < -0.4 is 5.32 Å². The van der Waals surface area contributed by atoms with Gasteiger partial charge < -0.3 is 25.2 Å². The molecule has 2 aromatic carbocycles. The van der Waals surface area contributed by atoms with E-state index in [9.17, 15) is 24.6 Å². The van der Waals surface area contributed by atoms with Crippen molar-refractivity contribution < 1.29 is 29.3 Å². The summed E-state index contributed by atoms with van der Waals surface area (Å²) in [4.78, 5) is 37.3. The molecule has 0 saturated carbocycles. The second-order valence-corrected chi connectivity index (χ2v) is 8.70. The van der Waals surface area contributed by atoms with Crippen molar-refractivity contribution in [1.29, 1.82) is 0 Å². The zero-order valence-corrected chi connectivity index (χ0v) is 18.4. The summed E-state index contributed by atoms with van der Waals surface area (Å²) in [5, 5.41) is 21.7. The number of nitrogens with zero attached hydrogens (tertiary/aromatic N) is 1. The summed E-state index contributed by atoms with van der Waals surface area (Å²) in [6, 6.07) is 14.9. The fourth-order valence-corrected chi connectivity index (χ4v) is 4.72. The van der Waals surface area contributed by atoms with E-state index in [1.54, 1.807) is 6.92 Å². The van der Waals surface area contributed by atoms with Crippen LogP contribution in [-0.2, 0) is 14.3 Å². The number of hydrogen-bond acceptors (Lipinski definition) is 5. The molecule has 1 aliphatic carbocycles. The summed E-state index contributed by atoms with van der Waals surface area (Å²) in [5.41, 5.74) is 4.57. The van der Waals surface area contributed by atoms with Crippen LogP contribution in [0.1, 0.15) is 43.2 Å². The normalized spacial score (nSPS) is 20.1. The van der Waals surface area contributed by atoms with E-state index in [0.717, 1.165) is 22.3 Å². The summed E-state index contributed by atoms with van der Waals surface area (Å²) in [6.45, 7) is 1.99. The first-order chi connectivity index (χ1) is 15.8. The van der Waals surface area contributed by atoms with Crippen molar-refractivity contribution in [2.24, 2.45) is 0 Å². The van der Waals surface area contributed by atoms with Gasteiger partial charge >= 0.3 is 12.1 Å². The van der Waals surface area contributed by atoms with E-state index in [1.165, 1.54) is 4.90 Å². The smallest absolute Gasteiger partial charge is 0.407 e. The number of rotatable bonds is 7. The third-order valence-electron chi connectivity index (χ3n) is 6.38. The van der Waals surface area contributed by atoms with Gasteiger partial charge in [-0.15, -0.1) is 0 Å². The molecule has 1 fully saturated rings. The van der Waals surface area contributed by atoms with E-state index >= 15 is 0 Å². The molecule has 3 unspecified atom stereocenters. The quantitative estimate of drug-likeness (QED) is 0.595. The first kappa shape index (κ1) is 22.8. The second kappa shape index (κ2) is 9.62. The van der Waals surface area contributed by atoms with Crippen molar-refractivity contribution in [2.75, 3.05) is 13.2 Å². The molecule has 2 aromatic rings. The summed E-state index contributed by atoms with van der Waals surface area (Å²) in [5.74, 6) is -1.50. The van der Waals surface area contributed by atoms with E-state index in [1.807, 2.05) is 24.3 Å². The van der Waals surface area contributed by atoms with E-state index < -0.39 is 24.2 Å². The molecule has 0 radical (unpaired) electrons. The number of aliphatic hydroxyl groups excluding tert-OH is 1. The molecule has 8 nitrogen and oxygen atoms in total. The van der Waals surface area contributed by atoms with E-state index in [4.69, 9.17) is 4.74 Å². The van der Waals surface area contributed by atoms with Crippen LogP contribution in [0.3, 0.4) is 0 Å². The first-order valence-corrected chi connectivity index (χ1v) is 11.2. The van der Waals surface area contributed by atoms with Gasteiger partial charge in [0.25, 0.3) is 0 Å². The average Bonchev–Trinajstić information content (AvgIpc) is 3.34. The number of hydrogen-bond donors (Lipinski definition) is 3. The predicted molar refractivity (Wildman–Crippen MR) is 121 cm³/mol. The third kappa shape index (κ3) is 4.85. The monoisotopic (exact) mass is 452 g/mol. The number of ether oxygens (including phenoxy) is 1. The molecule has 2 aliphatic rings. The minimum atomic E-state index is -1.12. The van der Waals surface area contributed by atoms with Gasteiger partial charge in [-0.25, -0.2) is 9.59 Å². The Bertz CT molecular complexity index is 1010. The molecule has 0 bridgehead atoms. The predicted octanol–water partition coefficient (Wildman–Crippen LogP) is 2.74. The van der Waals surface area contributed by atoms with Gasteiger partial charge in [0.15, 0.2) is 0 Å². The molecule has 0 spiro atoms. The second-order valence-electron chi connectivity index (χ2n) is 8.70. The van der Waals surface area contributed by atoms with Gasteiger partial charge in [0.2, 0.25) is 5.91 Å². The number of nitrogens with one attached hydrogen (secondary N) is 1. The molecule has 8 heteroatoms. The molecule has 0 aromatic heterocycles. The van der Waals surface area contributed by atoms with Crippen molar-refractivity contribution in [3.63, 3.8) is 0 Å². The molecule has 2 amide bonds. The first-order valence-electron chi connectivity index (χ1n) is 11.2. The fourth-order valence-electron chi connectivity index (χ4n) is 4.72. The number of carboxylic acids is 1. The fraction of sp³-hybridized carbons (Fsp3) is 0.400. The van der Waals surface area contributed by atoms with E-state index in [2.05, 4.69) is 29.6 Å². The molecule has 3 atom stereocenters. The number of benzene rings is 2. The Morgan fingerprint density at radius 3 is 2.30 bits per heavy atom. The van der Waals surface area contributed by atoms with Gasteiger partial charge in [0.05, 0.1) is 6.10 Å². The van der Waals surface area contributed by atoms with Gasteiger partial charge in [0, 0.05) is 31.3 Å². The van der Waals surface area contributed by atoms with Crippen LogP contribution in [0.2, 0.25) is 0 Å². The molecule has 1 saturated heterocycles. The minimum absolute atomic E-state index is 0.0178. The van der Waals surface area contributed by atoms with Crippen molar-refractivity contribution in [2.45, 2.75) is 50.3 Å². The maximum atomic E-state index is 12.4. The molecular weight excluding hydrogens is 424 g/mol. The van der Waals surface area contributed by atoms with Crippen LogP contribution in [0.15, 0.2) is 48.5 Å². The number of aliphatic carboxylic acids is 1. The zero-order valence-electron chi connectivity index (χ0n) is 18.4.